The van der Waals surface area contributed by atoms with Gasteiger partial charge in [0.05, 0.1) is 24.3 Å². The number of rotatable bonds is 7. The zero-order valence-electron chi connectivity index (χ0n) is 13.5. The molecule has 1 heterocycles. The number of aliphatic carboxylic acids is 1. The number of methoxy groups -OCH3 is 2. The summed E-state index contributed by atoms with van der Waals surface area (Å²) >= 11 is 12.2. The minimum Gasteiger partial charge on any atom is -0.493 e. The Labute approximate surface area is 154 Å². The van der Waals surface area contributed by atoms with Gasteiger partial charge in [-0.3, -0.25) is 4.98 Å². The molecular formula is C17H15Cl2NO5. The molecule has 0 spiro atoms. The van der Waals surface area contributed by atoms with Crippen LogP contribution in [0, 0.1) is 0 Å². The molecule has 2 rings (SSSR count). The van der Waals surface area contributed by atoms with E-state index in [9.17, 15) is 4.79 Å². The quantitative estimate of drug-likeness (QED) is 0.777. The van der Waals surface area contributed by atoms with E-state index >= 15 is 0 Å². The molecule has 0 saturated heterocycles. The van der Waals surface area contributed by atoms with E-state index in [-0.39, 0.29) is 11.5 Å². The van der Waals surface area contributed by atoms with Crippen LogP contribution in [0.1, 0.15) is 11.1 Å². The summed E-state index contributed by atoms with van der Waals surface area (Å²) in [5.41, 5.74) is 1.15. The highest BCUT2D eigenvalue weighted by molar-refractivity contribution is 6.37. The van der Waals surface area contributed by atoms with Gasteiger partial charge in [-0.05, 0) is 12.1 Å². The number of nitrogens with zero attached hydrogens (tertiary/aromatic N) is 1. The molecule has 0 aliphatic heterocycles. The van der Waals surface area contributed by atoms with Crippen molar-refractivity contribution in [3.63, 3.8) is 0 Å². The van der Waals surface area contributed by atoms with E-state index in [0.717, 1.165) is 0 Å². The molecule has 1 aromatic carbocycles. The molecule has 6 nitrogen and oxygen atoms in total. The fourth-order valence-corrected chi connectivity index (χ4v) is 2.57. The van der Waals surface area contributed by atoms with Gasteiger partial charge in [-0.1, -0.05) is 35.4 Å². The van der Waals surface area contributed by atoms with Gasteiger partial charge in [0.1, 0.15) is 0 Å². The maximum atomic E-state index is 10.8. The van der Waals surface area contributed by atoms with Crippen LogP contribution in [0.5, 0.6) is 17.2 Å². The number of hydrogen-bond acceptors (Lipinski definition) is 5. The first-order chi connectivity index (χ1) is 12.0. The first kappa shape index (κ1) is 18.9. The molecule has 2 aromatic rings. The molecule has 0 saturated carbocycles. The number of aromatic nitrogens is 1. The van der Waals surface area contributed by atoms with Gasteiger partial charge in [-0.15, -0.1) is 0 Å². The summed E-state index contributed by atoms with van der Waals surface area (Å²) in [4.78, 5) is 14.7. The summed E-state index contributed by atoms with van der Waals surface area (Å²) in [5, 5.41) is 9.65. The Hall–Kier alpha value is -2.44. The molecule has 0 fully saturated rings. The summed E-state index contributed by atoms with van der Waals surface area (Å²) in [6.45, 7) is -0.527. The standard InChI is InChI=1S/C17H15Cl2NO5/c1-23-14-6-4-10(16(17(14)24-2)25-9-15(21)22)3-5-11-12(18)7-20-8-13(11)19/h3-8H,9H2,1-2H3,(H,21,22). The summed E-state index contributed by atoms with van der Waals surface area (Å²) in [6.07, 6.45) is 6.32. The van der Waals surface area contributed by atoms with E-state index in [0.29, 0.717) is 26.9 Å². The van der Waals surface area contributed by atoms with Gasteiger partial charge >= 0.3 is 5.97 Å². The van der Waals surface area contributed by atoms with Crippen molar-refractivity contribution in [1.82, 2.24) is 4.98 Å². The lowest BCUT2D eigenvalue weighted by Crippen LogP contribution is -2.11. The fourth-order valence-electron chi connectivity index (χ4n) is 2.08. The van der Waals surface area contributed by atoms with Gasteiger partial charge in [0, 0.05) is 23.5 Å². The Morgan fingerprint density at radius 1 is 1.12 bits per heavy atom. The molecule has 0 radical (unpaired) electrons. The van der Waals surface area contributed by atoms with Crippen LogP contribution in [-0.2, 0) is 4.79 Å². The molecule has 0 atom stereocenters. The van der Waals surface area contributed by atoms with Crippen LogP contribution >= 0.6 is 23.2 Å². The van der Waals surface area contributed by atoms with Crippen molar-refractivity contribution in [1.29, 1.82) is 0 Å². The summed E-state index contributed by atoms with van der Waals surface area (Å²) in [6, 6.07) is 3.39. The third-order valence-electron chi connectivity index (χ3n) is 3.19. The lowest BCUT2D eigenvalue weighted by Gasteiger charge is -2.15. The lowest BCUT2D eigenvalue weighted by molar-refractivity contribution is -0.139. The SMILES string of the molecule is COc1ccc(C=Cc2c(Cl)cncc2Cl)c(OCC(=O)O)c1OC. The molecule has 1 N–H and O–H groups in total. The second kappa shape index (κ2) is 8.60. The second-order valence-corrected chi connectivity index (χ2v) is 5.57. The van der Waals surface area contributed by atoms with Gasteiger partial charge in [-0.2, -0.15) is 0 Å². The Morgan fingerprint density at radius 2 is 1.80 bits per heavy atom. The normalized spacial score (nSPS) is 10.7. The molecule has 0 amide bonds. The largest absolute Gasteiger partial charge is 0.493 e. The van der Waals surface area contributed by atoms with Crippen molar-refractivity contribution in [3.8, 4) is 17.2 Å². The predicted octanol–water partition coefficient (Wildman–Crippen LogP) is 4.04. The van der Waals surface area contributed by atoms with Crippen LogP contribution in [0.2, 0.25) is 10.0 Å². The van der Waals surface area contributed by atoms with Crippen LogP contribution in [0.25, 0.3) is 12.2 Å². The number of pyridine rings is 1. The molecule has 132 valence electrons. The minimum absolute atomic E-state index is 0.238. The van der Waals surface area contributed by atoms with Crippen LogP contribution in [0.15, 0.2) is 24.5 Å². The van der Waals surface area contributed by atoms with Crippen molar-refractivity contribution < 1.29 is 24.1 Å². The van der Waals surface area contributed by atoms with Crippen LogP contribution in [0.3, 0.4) is 0 Å². The van der Waals surface area contributed by atoms with E-state index in [2.05, 4.69) is 4.98 Å². The van der Waals surface area contributed by atoms with Crippen molar-refractivity contribution in [2.24, 2.45) is 0 Å². The Balaban J connectivity index is 2.48. The highest BCUT2D eigenvalue weighted by Gasteiger charge is 2.16. The third kappa shape index (κ3) is 4.55. The molecule has 0 aliphatic rings. The summed E-state index contributed by atoms with van der Waals surface area (Å²) in [5.74, 6) is -0.167. The van der Waals surface area contributed by atoms with Crippen molar-refractivity contribution in [2.45, 2.75) is 0 Å². The number of carbonyl (C=O) groups is 1. The molecular weight excluding hydrogens is 369 g/mol. The zero-order chi connectivity index (χ0) is 18.4. The number of hydrogen-bond donors (Lipinski definition) is 1. The zero-order valence-corrected chi connectivity index (χ0v) is 15.0. The average molecular weight is 384 g/mol. The first-order valence-corrected chi connectivity index (χ1v) is 7.80. The summed E-state index contributed by atoms with van der Waals surface area (Å²) in [7, 11) is 2.92. The first-order valence-electron chi connectivity index (χ1n) is 7.04. The van der Waals surface area contributed by atoms with Crippen molar-refractivity contribution in [3.05, 3.63) is 45.7 Å². The van der Waals surface area contributed by atoms with Crippen LogP contribution in [0.4, 0.5) is 0 Å². The molecule has 0 aliphatic carbocycles. The maximum absolute atomic E-state index is 10.8. The van der Waals surface area contributed by atoms with Crippen LogP contribution in [-0.4, -0.2) is 36.9 Å². The molecule has 0 bridgehead atoms. The predicted molar refractivity (Wildman–Crippen MR) is 95.9 cm³/mol. The maximum Gasteiger partial charge on any atom is 0.341 e. The fraction of sp³-hybridized carbons (Fsp3) is 0.176. The number of carboxylic acids is 1. The smallest absolute Gasteiger partial charge is 0.341 e. The topological polar surface area (TPSA) is 77.9 Å². The molecule has 1 aromatic heterocycles. The second-order valence-electron chi connectivity index (χ2n) is 4.75. The number of halogens is 2. The number of carboxylic acid groups (broad SMARTS) is 1. The van der Waals surface area contributed by atoms with E-state index in [4.69, 9.17) is 42.5 Å². The molecule has 25 heavy (non-hydrogen) atoms. The average Bonchev–Trinajstić information content (AvgIpc) is 2.59. The monoisotopic (exact) mass is 383 g/mol. The number of benzene rings is 1. The van der Waals surface area contributed by atoms with Crippen molar-refractivity contribution >= 4 is 41.3 Å². The lowest BCUT2D eigenvalue weighted by atomic mass is 10.1. The van der Waals surface area contributed by atoms with Gasteiger partial charge < -0.3 is 19.3 Å². The minimum atomic E-state index is -1.11. The van der Waals surface area contributed by atoms with E-state index in [1.807, 2.05) is 0 Å². The highest BCUT2D eigenvalue weighted by Crippen LogP contribution is 2.41. The van der Waals surface area contributed by atoms with E-state index < -0.39 is 12.6 Å². The van der Waals surface area contributed by atoms with Gasteiger partial charge in [0.2, 0.25) is 5.75 Å². The van der Waals surface area contributed by atoms with Gasteiger partial charge in [0.15, 0.2) is 18.1 Å². The van der Waals surface area contributed by atoms with Crippen molar-refractivity contribution in [2.75, 3.05) is 20.8 Å². The summed E-state index contributed by atoms with van der Waals surface area (Å²) < 4.78 is 15.9. The van der Waals surface area contributed by atoms with E-state index in [1.54, 1.807) is 24.3 Å². The Bertz CT molecular complexity index is 788. The van der Waals surface area contributed by atoms with Crippen LogP contribution < -0.4 is 14.2 Å². The van der Waals surface area contributed by atoms with Gasteiger partial charge in [0.25, 0.3) is 0 Å². The number of ether oxygens (including phenoxy) is 3. The molecule has 0 unspecified atom stereocenters. The highest BCUT2D eigenvalue weighted by atomic mass is 35.5. The third-order valence-corrected chi connectivity index (χ3v) is 3.79. The Kier molecular flexibility index (Phi) is 6.50. The Morgan fingerprint density at radius 3 is 2.36 bits per heavy atom. The van der Waals surface area contributed by atoms with Gasteiger partial charge in [-0.25, -0.2) is 4.79 Å². The molecule has 8 heteroatoms. The van der Waals surface area contributed by atoms with E-state index in [1.165, 1.54) is 26.6 Å².